The molecule has 2 aromatic heterocycles. The molecule has 7 nitrogen and oxygen atoms in total. The van der Waals surface area contributed by atoms with Gasteiger partial charge >= 0.3 is 0 Å². The fraction of sp³-hybridized carbons (Fsp3) is 0.136. The summed E-state index contributed by atoms with van der Waals surface area (Å²) in [4.78, 5) is 17.2. The van der Waals surface area contributed by atoms with E-state index in [1.54, 1.807) is 10.9 Å². The molecule has 3 heterocycles. The van der Waals surface area contributed by atoms with Crippen molar-refractivity contribution in [3.05, 3.63) is 82.6 Å². The molecule has 1 aliphatic rings. The van der Waals surface area contributed by atoms with Gasteiger partial charge in [0.15, 0.2) is 0 Å². The fourth-order valence-corrected chi connectivity index (χ4v) is 4.03. The number of anilines is 1. The summed E-state index contributed by atoms with van der Waals surface area (Å²) in [5, 5.41) is 16.5. The maximum Gasteiger partial charge on any atom is 0.272 e. The number of amides is 1. The molecule has 0 saturated heterocycles. The molecule has 0 radical (unpaired) electrons. The third-order valence-electron chi connectivity index (χ3n) is 5.16. The second-order valence-electron chi connectivity index (χ2n) is 7.13. The first kappa shape index (κ1) is 18.4. The van der Waals surface area contributed by atoms with Crippen LogP contribution in [0.25, 0.3) is 17.2 Å². The third kappa shape index (κ3) is 3.23. The zero-order chi connectivity index (χ0) is 20.7. The number of aryl methyl sites for hydroxylation is 1. The highest BCUT2D eigenvalue weighted by molar-refractivity contribution is 6.30. The summed E-state index contributed by atoms with van der Waals surface area (Å²) in [6.07, 6.45) is 1.93. The van der Waals surface area contributed by atoms with Gasteiger partial charge in [-0.1, -0.05) is 54.1 Å². The lowest BCUT2D eigenvalue weighted by molar-refractivity contribution is -0.116. The van der Waals surface area contributed by atoms with Crippen molar-refractivity contribution in [2.24, 2.45) is 0 Å². The minimum absolute atomic E-state index is 0.0965. The van der Waals surface area contributed by atoms with Crippen LogP contribution in [0.2, 0.25) is 5.02 Å². The largest absolute Gasteiger partial charge is 0.310 e. The first-order chi connectivity index (χ1) is 14.6. The minimum atomic E-state index is -0.147. The molecule has 0 aliphatic carbocycles. The van der Waals surface area contributed by atoms with Gasteiger partial charge in [-0.05, 0) is 24.6 Å². The fourth-order valence-electron chi connectivity index (χ4n) is 3.83. The van der Waals surface area contributed by atoms with Gasteiger partial charge < -0.3 is 5.32 Å². The average Bonchev–Trinajstić information content (AvgIpc) is 3.10. The molecule has 1 amide bonds. The second kappa shape index (κ2) is 7.35. The molecule has 4 aromatic rings. The Morgan fingerprint density at radius 1 is 1.13 bits per heavy atom. The van der Waals surface area contributed by atoms with Crippen molar-refractivity contribution in [1.82, 2.24) is 25.0 Å². The number of rotatable bonds is 3. The van der Waals surface area contributed by atoms with E-state index in [1.165, 1.54) is 0 Å². The Labute approximate surface area is 177 Å². The summed E-state index contributed by atoms with van der Waals surface area (Å²) in [6, 6.07) is 17.3. The number of fused-ring (bicyclic) bond motifs is 1. The molecular formula is C22H17ClN6O. The van der Waals surface area contributed by atoms with Gasteiger partial charge in [-0.25, -0.2) is 4.98 Å². The molecule has 0 spiro atoms. The monoisotopic (exact) mass is 416 g/mol. The van der Waals surface area contributed by atoms with Gasteiger partial charge in [-0.15, -0.1) is 5.10 Å². The van der Waals surface area contributed by atoms with Gasteiger partial charge in [0.05, 0.1) is 17.6 Å². The lowest BCUT2D eigenvalue weighted by Gasteiger charge is -2.24. The zero-order valence-electron chi connectivity index (χ0n) is 16.1. The van der Waals surface area contributed by atoms with E-state index in [-0.39, 0.29) is 11.8 Å². The molecule has 148 valence electrons. The van der Waals surface area contributed by atoms with Crippen LogP contribution in [0, 0.1) is 6.92 Å². The number of halogens is 1. The van der Waals surface area contributed by atoms with Gasteiger partial charge in [-0.3, -0.25) is 4.79 Å². The van der Waals surface area contributed by atoms with Crippen LogP contribution in [-0.2, 0) is 4.79 Å². The summed E-state index contributed by atoms with van der Waals surface area (Å²) >= 11 is 6.19. The van der Waals surface area contributed by atoms with Crippen LogP contribution >= 0.6 is 11.6 Å². The summed E-state index contributed by atoms with van der Waals surface area (Å²) in [7, 11) is 0. The number of carbonyl (C=O) groups excluding carboxylic acids is 1. The van der Waals surface area contributed by atoms with Crippen LogP contribution in [0.1, 0.15) is 29.2 Å². The van der Waals surface area contributed by atoms with Crippen molar-refractivity contribution >= 4 is 23.3 Å². The molecule has 1 aliphatic heterocycles. The first-order valence-corrected chi connectivity index (χ1v) is 9.88. The molecule has 8 heteroatoms. The highest BCUT2D eigenvalue weighted by Crippen LogP contribution is 2.40. The van der Waals surface area contributed by atoms with Crippen molar-refractivity contribution in [2.75, 3.05) is 5.32 Å². The van der Waals surface area contributed by atoms with Crippen molar-refractivity contribution in [3.8, 4) is 17.2 Å². The Morgan fingerprint density at radius 3 is 2.77 bits per heavy atom. The predicted octanol–water partition coefficient (Wildman–Crippen LogP) is 4.16. The molecule has 0 bridgehead atoms. The zero-order valence-corrected chi connectivity index (χ0v) is 16.8. The van der Waals surface area contributed by atoms with Gasteiger partial charge in [-0.2, -0.15) is 14.9 Å². The SMILES string of the molecule is Cc1nn(-c2nncc(-c3ccccc3)n2)c2c1C(c1cccc(Cl)c1)CC(=O)N2. The molecule has 1 atom stereocenters. The second-order valence-corrected chi connectivity index (χ2v) is 7.56. The van der Waals surface area contributed by atoms with E-state index < -0.39 is 0 Å². The molecule has 1 unspecified atom stereocenters. The van der Waals surface area contributed by atoms with Crippen molar-refractivity contribution in [2.45, 2.75) is 19.3 Å². The third-order valence-corrected chi connectivity index (χ3v) is 5.40. The normalized spacial score (nSPS) is 15.5. The van der Waals surface area contributed by atoms with E-state index in [9.17, 15) is 4.79 Å². The molecule has 1 N–H and O–H groups in total. The van der Waals surface area contributed by atoms with E-state index in [4.69, 9.17) is 11.6 Å². The average molecular weight is 417 g/mol. The first-order valence-electron chi connectivity index (χ1n) is 9.50. The predicted molar refractivity (Wildman–Crippen MR) is 114 cm³/mol. The topological polar surface area (TPSA) is 85.6 Å². The molecule has 0 fully saturated rings. The van der Waals surface area contributed by atoms with Crippen molar-refractivity contribution < 1.29 is 4.79 Å². The molecule has 5 rings (SSSR count). The van der Waals surface area contributed by atoms with Crippen LogP contribution in [0.4, 0.5) is 5.82 Å². The van der Waals surface area contributed by atoms with Gasteiger partial charge in [0.1, 0.15) is 5.82 Å². The van der Waals surface area contributed by atoms with Gasteiger partial charge in [0.25, 0.3) is 5.95 Å². The molecule has 2 aromatic carbocycles. The van der Waals surface area contributed by atoms with Crippen molar-refractivity contribution in [3.63, 3.8) is 0 Å². The maximum absolute atomic E-state index is 12.5. The number of carbonyl (C=O) groups is 1. The van der Waals surface area contributed by atoms with Crippen LogP contribution in [0.15, 0.2) is 60.8 Å². The molecule has 0 saturated carbocycles. The Bertz CT molecular complexity index is 1250. The highest BCUT2D eigenvalue weighted by atomic mass is 35.5. The number of benzene rings is 2. The number of hydrogen-bond donors (Lipinski definition) is 1. The van der Waals surface area contributed by atoms with Crippen LogP contribution in [0.3, 0.4) is 0 Å². The number of nitrogens with zero attached hydrogens (tertiary/aromatic N) is 5. The van der Waals surface area contributed by atoms with E-state index in [0.717, 1.165) is 22.4 Å². The van der Waals surface area contributed by atoms with Gasteiger partial charge in [0.2, 0.25) is 5.91 Å². The Morgan fingerprint density at radius 2 is 1.97 bits per heavy atom. The Balaban J connectivity index is 1.63. The highest BCUT2D eigenvalue weighted by Gasteiger charge is 2.33. The van der Waals surface area contributed by atoms with Crippen LogP contribution in [-0.4, -0.2) is 30.9 Å². The van der Waals surface area contributed by atoms with Gasteiger partial charge in [0, 0.05) is 28.5 Å². The van der Waals surface area contributed by atoms with E-state index in [2.05, 4.69) is 25.6 Å². The molecule has 30 heavy (non-hydrogen) atoms. The number of hydrogen-bond acceptors (Lipinski definition) is 5. The summed E-state index contributed by atoms with van der Waals surface area (Å²) in [6.45, 7) is 1.92. The summed E-state index contributed by atoms with van der Waals surface area (Å²) in [5.41, 5.74) is 4.30. The quantitative estimate of drug-likeness (QED) is 0.542. The van der Waals surface area contributed by atoms with Crippen molar-refractivity contribution in [1.29, 1.82) is 0 Å². The lowest BCUT2D eigenvalue weighted by atomic mass is 9.86. The van der Waals surface area contributed by atoms with Crippen LogP contribution < -0.4 is 5.32 Å². The lowest BCUT2D eigenvalue weighted by Crippen LogP contribution is -2.25. The standard InChI is InChI=1S/C22H17ClN6O/c1-13-20-17(15-8-5-9-16(23)10-15)11-19(30)26-21(20)29(28-13)22-25-18(12-24-27-22)14-6-3-2-4-7-14/h2-10,12,17H,11H2,1H3,(H,26,30). The number of aromatic nitrogens is 5. The van der Waals surface area contributed by atoms with Crippen LogP contribution in [0.5, 0.6) is 0 Å². The maximum atomic E-state index is 12.5. The minimum Gasteiger partial charge on any atom is -0.310 e. The van der Waals surface area contributed by atoms with E-state index in [0.29, 0.717) is 28.9 Å². The van der Waals surface area contributed by atoms with E-state index in [1.807, 2.05) is 61.5 Å². The molecular weight excluding hydrogens is 400 g/mol. The smallest absolute Gasteiger partial charge is 0.272 e. The summed E-state index contributed by atoms with van der Waals surface area (Å²) in [5.74, 6) is 0.626. The summed E-state index contributed by atoms with van der Waals surface area (Å²) < 4.78 is 1.55. The number of nitrogens with one attached hydrogen (secondary N) is 1. The Kier molecular flexibility index (Phi) is 4.52. The Hall–Kier alpha value is -3.58. The van der Waals surface area contributed by atoms with E-state index >= 15 is 0 Å².